The Bertz CT molecular complexity index is 748. The highest BCUT2D eigenvalue weighted by Gasteiger charge is 2.32. The van der Waals surface area contributed by atoms with Crippen molar-refractivity contribution < 1.29 is 22.7 Å². The van der Waals surface area contributed by atoms with Crippen LogP contribution in [0.5, 0.6) is 5.75 Å². The summed E-state index contributed by atoms with van der Waals surface area (Å²) in [5, 5.41) is 2.71. The van der Waals surface area contributed by atoms with Gasteiger partial charge in [0.1, 0.15) is 16.7 Å². The fraction of sp³-hybridized carbons (Fsp3) is 0.562. The second kappa shape index (κ2) is 7.28. The van der Waals surface area contributed by atoms with Crippen molar-refractivity contribution in [1.82, 2.24) is 4.72 Å². The number of sulfonamides is 1. The first-order valence-corrected chi connectivity index (χ1v) is 9.78. The first kappa shape index (κ1) is 18.1. The Morgan fingerprint density at radius 2 is 2.08 bits per heavy atom. The molecule has 9 heteroatoms. The van der Waals surface area contributed by atoms with Crippen molar-refractivity contribution in [3.8, 4) is 5.75 Å². The molecule has 1 aliphatic carbocycles. The summed E-state index contributed by atoms with van der Waals surface area (Å²) in [6, 6.07) is 4.50. The van der Waals surface area contributed by atoms with E-state index in [1.165, 1.54) is 19.2 Å². The normalized spacial score (nSPS) is 23.4. The number of carbonyl (C=O) groups excluding carboxylic acids is 1. The van der Waals surface area contributed by atoms with Gasteiger partial charge in [-0.3, -0.25) is 4.79 Å². The van der Waals surface area contributed by atoms with Gasteiger partial charge in [-0.15, -0.1) is 0 Å². The summed E-state index contributed by atoms with van der Waals surface area (Å²) in [4.78, 5) is 12.3. The molecule has 1 aliphatic heterocycles. The van der Waals surface area contributed by atoms with Crippen LogP contribution in [0.4, 0.5) is 5.69 Å². The van der Waals surface area contributed by atoms with Crippen molar-refractivity contribution in [3.63, 3.8) is 0 Å². The molecule has 1 aromatic carbocycles. The smallest absolute Gasteiger partial charge is 0.253 e. The number of amides is 1. The Morgan fingerprint density at radius 3 is 2.68 bits per heavy atom. The van der Waals surface area contributed by atoms with Crippen LogP contribution in [-0.4, -0.2) is 46.2 Å². The summed E-state index contributed by atoms with van der Waals surface area (Å²) in [5.41, 5.74) is 5.93. The Labute approximate surface area is 147 Å². The molecule has 4 N–H and O–H groups in total. The highest BCUT2D eigenvalue weighted by Crippen LogP contribution is 2.30. The number of carbonyl (C=O) groups is 1. The van der Waals surface area contributed by atoms with Crippen molar-refractivity contribution in [1.29, 1.82) is 0 Å². The van der Waals surface area contributed by atoms with E-state index in [9.17, 15) is 13.2 Å². The monoisotopic (exact) mass is 369 g/mol. The third kappa shape index (κ3) is 4.30. The van der Waals surface area contributed by atoms with Gasteiger partial charge in [-0.05, 0) is 43.9 Å². The maximum Gasteiger partial charge on any atom is 0.253 e. The van der Waals surface area contributed by atoms with Gasteiger partial charge in [0, 0.05) is 18.3 Å². The molecular formula is C16H23N3O5S. The van der Waals surface area contributed by atoms with Crippen molar-refractivity contribution in [3.05, 3.63) is 18.2 Å². The zero-order valence-electron chi connectivity index (χ0n) is 14.0. The lowest BCUT2D eigenvalue weighted by molar-refractivity contribution is -0.126. The lowest BCUT2D eigenvalue weighted by Crippen LogP contribution is -2.30. The second-order valence-electron chi connectivity index (χ2n) is 6.31. The molecule has 138 valence electrons. The summed E-state index contributed by atoms with van der Waals surface area (Å²) in [6.07, 6.45) is 2.32. The minimum absolute atomic E-state index is 0.00637. The highest BCUT2D eigenvalue weighted by molar-refractivity contribution is 7.89. The van der Waals surface area contributed by atoms with Gasteiger partial charge in [0.25, 0.3) is 5.91 Å². The minimum Gasteiger partial charge on any atom is -0.495 e. The quantitative estimate of drug-likeness (QED) is 0.647. The van der Waals surface area contributed by atoms with Gasteiger partial charge in [0.05, 0.1) is 13.2 Å². The molecule has 1 heterocycles. The minimum atomic E-state index is -3.70. The molecular weight excluding hydrogens is 346 g/mol. The molecule has 3 rings (SSSR count). The zero-order valence-corrected chi connectivity index (χ0v) is 14.8. The maximum absolute atomic E-state index is 12.5. The van der Waals surface area contributed by atoms with Crippen LogP contribution in [0.15, 0.2) is 23.1 Å². The van der Waals surface area contributed by atoms with Crippen LogP contribution in [0.2, 0.25) is 0 Å². The van der Waals surface area contributed by atoms with Gasteiger partial charge in [-0.1, -0.05) is 0 Å². The number of rotatable bonds is 7. The molecule has 1 aromatic rings. The number of hydrogen-bond donors (Lipinski definition) is 3. The van der Waals surface area contributed by atoms with E-state index in [0.717, 1.165) is 19.3 Å². The molecule has 0 radical (unpaired) electrons. The molecule has 0 unspecified atom stereocenters. The average Bonchev–Trinajstić information content (AvgIpc) is 3.26. The molecule has 2 atom stereocenters. The lowest BCUT2D eigenvalue weighted by atomic mass is 10.2. The van der Waals surface area contributed by atoms with E-state index in [-0.39, 0.29) is 28.7 Å². The fourth-order valence-corrected chi connectivity index (χ4v) is 4.24. The van der Waals surface area contributed by atoms with Crippen LogP contribution in [0.25, 0.3) is 0 Å². The summed E-state index contributed by atoms with van der Waals surface area (Å²) >= 11 is 0. The second-order valence-corrected chi connectivity index (χ2v) is 7.99. The fourth-order valence-electron chi connectivity index (χ4n) is 2.74. The topological polar surface area (TPSA) is 120 Å². The van der Waals surface area contributed by atoms with Crippen LogP contribution in [0.1, 0.15) is 25.7 Å². The van der Waals surface area contributed by atoms with E-state index in [2.05, 4.69) is 10.0 Å². The van der Waals surface area contributed by atoms with E-state index >= 15 is 0 Å². The predicted octanol–water partition coefficient (Wildman–Crippen LogP) is 0.581. The highest BCUT2D eigenvalue weighted by atomic mass is 32.2. The number of ether oxygens (including phenoxy) is 2. The Balaban J connectivity index is 1.76. The van der Waals surface area contributed by atoms with Gasteiger partial charge >= 0.3 is 0 Å². The molecule has 2 fully saturated rings. The average molecular weight is 369 g/mol. The number of methoxy groups -OCH3 is 1. The van der Waals surface area contributed by atoms with Crippen LogP contribution in [0.3, 0.4) is 0 Å². The summed E-state index contributed by atoms with van der Waals surface area (Å²) in [5.74, 6) is -0.0777. The van der Waals surface area contributed by atoms with Gasteiger partial charge in [-0.25, -0.2) is 13.1 Å². The number of nitrogens with two attached hydrogens (primary N) is 1. The molecule has 1 saturated carbocycles. The van der Waals surface area contributed by atoms with Gasteiger partial charge in [0.2, 0.25) is 10.0 Å². The van der Waals surface area contributed by atoms with Gasteiger partial charge in [0.15, 0.2) is 0 Å². The van der Waals surface area contributed by atoms with Gasteiger partial charge in [-0.2, -0.15) is 0 Å². The molecule has 0 spiro atoms. The number of anilines is 1. The van der Waals surface area contributed by atoms with Crippen LogP contribution in [0, 0.1) is 0 Å². The number of nitrogens with one attached hydrogen (secondary N) is 2. The first-order chi connectivity index (χ1) is 11.9. The molecule has 0 bridgehead atoms. The molecule has 1 saturated heterocycles. The largest absolute Gasteiger partial charge is 0.495 e. The molecule has 0 aromatic heterocycles. The van der Waals surface area contributed by atoms with Crippen molar-refractivity contribution >= 4 is 21.6 Å². The third-order valence-electron chi connectivity index (χ3n) is 4.28. The Kier molecular flexibility index (Phi) is 5.28. The Hall–Kier alpha value is -1.68. The molecule has 2 aliphatic rings. The summed E-state index contributed by atoms with van der Waals surface area (Å²) in [7, 11) is -2.30. The van der Waals surface area contributed by atoms with E-state index in [4.69, 9.17) is 15.2 Å². The van der Waals surface area contributed by atoms with E-state index in [1.807, 2.05) is 0 Å². The van der Waals surface area contributed by atoms with E-state index in [0.29, 0.717) is 18.7 Å². The maximum atomic E-state index is 12.5. The summed E-state index contributed by atoms with van der Waals surface area (Å²) in [6.45, 7) is 0.377. The van der Waals surface area contributed by atoms with Crippen LogP contribution >= 0.6 is 0 Å². The van der Waals surface area contributed by atoms with Crippen molar-refractivity contribution in [2.75, 3.05) is 19.0 Å². The molecule has 8 nitrogen and oxygen atoms in total. The number of benzene rings is 1. The van der Waals surface area contributed by atoms with E-state index < -0.39 is 16.1 Å². The van der Waals surface area contributed by atoms with E-state index in [1.54, 1.807) is 6.07 Å². The van der Waals surface area contributed by atoms with Crippen molar-refractivity contribution in [2.24, 2.45) is 5.73 Å². The van der Waals surface area contributed by atoms with Crippen molar-refractivity contribution in [2.45, 2.75) is 48.8 Å². The zero-order chi connectivity index (χ0) is 18.0. The first-order valence-electron chi connectivity index (χ1n) is 8.29. The SMILES string of the molecule is COc1ccc(NC(=O)[C@@H]2CC[C@H](CN)O2)cc1S(=O)(=O)NC1CC1. The Morgan fingerprint density at radius 1 is 1.32 bits per heavy atom. The predicted molar refractivity (Wildman–Crippen MR) is 91.9 cm³/mol. The van der Waals surface area contributed by atoms with Crippen LogP contribution < -0.4 is 20.5 Å². The standard InChI is InChI=1S/C16H23N3O5S/c1-23-13-6-4-11(8-15(13)25(21,22)19-10-2-3-10)18-16(20)14-7-5-12(9-17)24-14/h4,6,8,10,12,14,19H,2-3,5,7,9,17H2,1H3,(H,18,20)/t12-,14+/m1/s1. The summed E-state index contributed by atoms with van der Waals surface area (Å²) < 4.78 is 38.3. The lowest BCUT2D eigenvalue weighted by Gasteiger charge is -2.15. The van der Waals surface area contributed by atoms with Gasteiger partial charge < -0.3 is 20.5 Å². The van der Waals surface area contributed by atoms with Crippen LogP contribution in [-0.2, 0) is 19.6 Å². The number of hydrogen-bond acceptors (Lipinski definition) is 6. The third-order valence-corrected chi connectivity index (χ3v) is 5.82. The molecule has 1 amide bonds. The molecule has 25 heavy (non-hydrogen) atoms.